The largest absolute Gasteiger partial charge is 0.338 e. The second-order valence-electron chi connectivity index (χ2n) is 3.94. The van der Waals surface area contributed by atoms with Crippen molar-refractivity contribution in [3.63, 3.8) is 0 Å². The summed E-state index contributed by atoms with van der Waals surface area (Å²) in [5, 5.41) is 3.17. The van der Waals surface area contributed by atoms with Gasteiger partial charge < -0.3 is 10.3 Å². The summed E-state index contributed by atoms with van der Waals surface area (Å²) < 4.78 is 28.3. The van der Waals surface area contributed by atoms with Crippen molar-refractivity contribution in [1.82, 2.24) is 10.1 Å². The van der Waals surface area contributed by atoms with E-state index in [1.807, 2.05) is 0 Å². The molecule has 1 atom stereocenters. The van der Waals surface area contributed by atoms with Gasteiger partial charge in [-0.15, -0.1) is 0 Å². The van der Waals surface area contributed by atoms with Gasteiger partial charge >= 0.3 is 0 Å². The Morgan fingerprint density at radius 3 is 2.94 bits per heavy atom. The van der Waals surface area contributed by atoms with Crippen LogP contribution >= 0.6 is 0 Å². The van der Waals surface area contributed by atoms with Crippen molar-refractivity contribution in [2.45, 2.75) is 30.9 Å². The zero-order valence-electron chi connectivity index (χ0n) is 8.92. The number of aromatic nitrogens is 2. The zero-order chi connectivity index (χ0) is 11.6. The Kier molecular flexibility index (Phi) is 3.25. The molecule has 2 rings (SSSR count). The van der Waals surface area contributed by atoms with Gasteiger partial charge in [0.25, 0.3) is 0 Å². The van der Waals surface area contributed by atoms with Gasteiger partial charge in [0.1, 0.15) is 5.25 Å². The van der Waals surface area contributed by atoms with Crippen molar-refractivity contribution in [3.8, 4) is 0 Å². The van der Waals surface area contributed by atoms with Crippen LogP contribution < -0.4 is 5.73 Å². The molecule has 16 heavy (non-hydrogen) atoms. The lowest BCUT2D eigenvalue weighted by Crippen LogP contribution is -2.08. The third-order valence-corrected chi connectivity index (χ3v) is 4.85. The molecule has 0 amide bonds. The van der Waals surface area contributed by atoms with Crippen LogP contribution in [0.15, 0.2) is 4.52 Å². The highest BCUT2D eigenvalue weighted by atomic mass is 32.2. The number of aryl methyl sites for hydroxylation is 1. The van der Waals surface area contributed by atoms with Gasteiger partial charge in [0.2, 0.25) is 5.89 Å². The first kappa shape index (κ1) is 11.5. The highest BCUT2D eigenvalue weighted by Gasteiger charge is 2.36. The third-order valence-electron chi connectivity index (χ3n) is 2.69. The Labute approximate surface area is 94.1 Å². The van der Waals surface area contributed by atoms with Gasteiger partial charge in [-0.1, -0.05) is 5.16 Å². The van der Waals surface area contributed by atoms with Crippen LogP contribution in [0, 0.1) is 0 Å². The molecular weight excluding hydrogens is 230 g/mol. The van der Waals surface area contributed by atoms with Gasteiger partial charge in [-0.05, 0) is 25.8 Å². The molecule has 2 heterocycles. The molecule has 0 radical (unpaired) electrons. The quantitative estimate of drug-likeness (QED) is 0.814. The summed E-state index contributed by atoms with van der Waals surface area (Å²) in [4.78, 5) is 4.11. The first-order valence-corrected chi connectivity index (χ1v) is 7.09. The Hall–Kier alpha value is -0.950. The van der Waals surface area contributed by atoms with E-state index >= 15 is 0 Å². The highest BCUT2D eigenvalue weighted by Crippen LogP contribution is 2.33. The second kappa shape index (κ2) is 4.50. The van der Waals surface area contributed by atoms with Gasteiger partial charge in [0.05, 0.1) is 5.75 Å². The molecule has 0 saturated carbocycles. The summed E-state index contributed by atoms with van der Waals surface area (Å²) in [6, 6.07) is 0. The maximum Gasteiger partial charge on any atom is 0.244 e. The van der Waals surface area contributed by atoms with Crippen LogP contribution in [0.3, 0.4) is 0 Å². The predicted molar refractivity (Wildman–Crippen MR) is 57.4 cm³/mol. The van der Waals surface area contributed by atoms with E-state index in [9.17, 15) is 8.42 Å². The average molecular weight is 245 g/mol. The van der Waals surface area contributed by atoms with Gasteiger partial charge in [-0.25, -0.2) is 8.42 Å². The molecule has 2 N–H and O–H groups in total. The van der Waals surface area contributed by atoms with E-state index < -0.39 is 15.1 Å². The SMILES string of the molecule is NCCCc1noc(C2CCCS2(=O)=O)n1. The first-order chi connectivity index (χ1) is 7.63. The Morgan fingerprint density at radius 2 is 2.31 bits per heavy atom. The van der Waals surface area contributed by atoms with Gasteiger partial charge in [0, 0.05) is 6.42 Å². The molecule has 1 fully saturated rings. The smallest absolute Gasteiger partial charge is 0.244 e. The minimum Gasteiger partial charge on any atom is -0.338 e. The molecule has 1 unspecified atom stereocenters. The van der Waals surface area contributed by atoms with Crippen LogP contribution in [0.2, 0.25) is 0 Å². The summed E-state index contributed by atoms with van der Waals surface area (Å²) in [5.41, 5.74) is 5.37. The van der Waals surface area contributed by atoms with E-state index in [0.29, 0.717) is 31.6 Å². The van der Waals surface area contributed by atoms with E-state index in [2.05, 4.69) is 10.1 Å². The number of rotatable bonds is 4. The van der Waals surface area contributed by atoms with Gasteiger partial charge in [-0.3, -0.25) is 0 Å². The molecule has 0 bridgehead atoms. The van der Waals surface area contributed by atoms with Crippen LogP contribution in [-0.4, -0.2) is 30.9 Å². The van der Waals surface area contributed by atoms with Crippen molar-refractivity contribution >= 4 is 9.84 Å². The van der Waals surface area contributed by atoms with E-state index in [-0.39, 0.29) is 11.6 Å². The van der Waals surface area contributed by atoms with Crippen molar-refractivity contribution in [1.29, 1.82) is 0 Å². The fourth-order valence-electron chi connectivity index (χ4n) is 1.83. The van der Waals surface area contributed by atoms with Crippen LogP contribution in [0.25, 0.3) is 0 Å². The summed E-state index contributed by atoms with van der Waals surface area (Å²) in [7, 11) is -3.07. The standard InChI is InChI=1S/C9H15N3O3S/c10-5-1-4-8-11-9(15-12-8)7-3-2-6-16(7,13)14/h7H,1-6,10H2. The normalized spacial score (nSPS) is 23.7. The van der Waals surface area contributed by atoms with Crippen LogP contribution in [0.4, 0.5) is 0 Å². The first-order valence-electron chi connectivity index (χ1n) is 5.37. The number of hydrogen-bond acceptors (Lipinski definition) is 6. The van der Waals surface area contributed by atoms with Crippen LogP contribution in [0.1, 0.15) is 36.2 Å². The van der Waals surface area contributed by atoms with E-state index in [1.54, 1.807) is 0 Å². The molecule has 7 heteroatoms. The van der Waals surface area contributed by atoms with Crippen LogP contribution in [-0.2, 0) is 16.3 Å². The van der Waals surface area contributed by atoms with Crippen molar-refractivity contribution < 1.29 is 12.9 Å². The summed E-state index contributed by atoms with van der Waals surface area (Å²) in [6.07, 6.45) is 2.66. The number of nitrogens with zero attached hydrogens (tertiary/aromatic N) is 2. The van der Waals surface area contributed by atoms with Gasteiger partial charge in [-0.2, -0.15) is 4.98 Å². The lowest BCUT2D eigenvalue weighted by atomic mass is 10.2. The fraction of sp³-hybridized carbons (Fsp3) is 0.778. The molecule has 6 nitrogen and oxygen atoms in total. The fourth-order valence-corrected chi connectivity index (χ4v) is 3.61. The topological polar surface area (TPSA) is 99.1 Å². The molecule has 0 aliphatic carbocycles. The minimum atomic E-state index is -3.07. The molecule has 1 aliphatic rings. The molecule has 90 valence electrons. The van der Waals surface area contributed by atoms with Gasteiger partial charge in [0.15, 0.2) is 15.7 Å². The Balaban J connectivity index is 2.13. The maximum absolute atomic E-state index is 11.6. The lowest BCUT2D eigenvalue weighted by Gasteiger charge is -2.01. The highest BCUT2D eigenvalue weighted by molar-refractivity contribution is 7.91. The molecule has 0 spiro atoms. The molecule has 1 aromatic rings. The monoisotopic (exact) mass is 245 g/mol. The number of hydrogen-bond donors (Lipinski definition) is 1. The second-order valence-corrected chi connectivity index (χ2v) is 6.24. The lowest BCUT2D eigenvalue weighted by molar-refractivity contribution is 0.366. The van der Waals surface area contributed by atoms with E-state index in [4.69, 9.17) is 10.3 Å². The Morgan fingerprint density at radius 1 is 1.50 bits per heavy atom. The summed E-state index contributed by atoms with van der Waals surface area (Å²) >= 11 is 0. The molecular formula is C9H15N3O3S. The molecule has 1 aliphatic heterocycles. The molecule has 1 saturated heterocycles. The van der Waals surface area contributed by atoms with Crippen molar-refractivity contribution in [2.24, 2.45) is 5.73 Å². The van der Waals surface area contributed by atoms with Crippen molar-refractivity contribution in [3.05, 3.63) is 11.7 Å². The van der Waals surface area contributed by atoms with Crippen molar-refractivity contribution in [2.75, 3.05) is 12.3 Å². The number of sulfone groups is 1. The average Bonchev–Trinajstić information content (AvgIpc) is 2.81. The molecule has 1 aromatic heterocycles. The predicted octanol–water partition coefficient (Wildman–Crippen LogP) is 0.211. The van der Waals surface area contributed by atoms with E-state index in [1.165, 1.54) is 0 Å². The minimum absolute atomic E-state index is 0.220. The Bertz CT molecular complexity index is 454. The van der Waals surface area contributed by atoms with Crippen LogP contribution in [0.5, 0.6) is 0 Å². The number of nitrogens with two attached hydrogens (primary N) is 1. The van der Waals surface area contributed by atoms with E-state index in [0.717, 1.165) is 6.42 Å². The molecule has 0 aromatic carbocycles. The third kappa shape index (κ3) is 2.25. The zero-order valence-corrected chi connectivity index (χ0v) is 9.74. The summed E-state index contributed by atoms with van der Waals surface area (Å²) in [5.74, 6) is 1.00. The summed E-state index contributed by atoms with van der Waals surface area (Å²) in [6.45, 7) is 0.561. The maximum atomic E-state index is 11.6.